The van der Waals surface area contributed by atoms with E-state index in [9.17, 15) is 24.9 Å². The SMILES string of the molecule is CC(=O)C1CCC2C3=C(CCC12C)C(C)(CCC(=O)O)C(CO)C(O)C3. The number of rotatable bonds is 5. The Morgan fingerprint density at radius 2 is 1.92 bits per heavy atom. The van der Waals surface area contributed by atoms with Gasteiger partial charge in [0.15, 0.2) is 0 Å². The van der Waals surface area contributed by atoms with Gasteiger partial charge in [-0.25, -0.2) is 0 Å². The van der Waals surface area contributed by atoms with Crippen LogP contribution in [-0.4, -0.2) is 39.8 Å². The fraction of sp³-hybridized carbons (Fsp3) is 0.810. The lowest BCUT2D eigenvalue weighted by atomic mass is 9.52. The zero-order valence-electron chi connectivity index (χ0n) is 16.1. The first-order valence-corrected chi connectivity index (χ1v) is 9.88. The highest BCUT2D eigenvalue weighted by atomic mass is 16.4. The lowest BCUT2D eigenvalue weighted by Gasteiger charge is -2.53. The maximum Gasteiger partial charge on any atom is 0.303 e. The molecular formula is C21H32O5. The number of carboxylic acids is 1. The second kappa shape index (κ2) is 6.75. The summed E-state index contributed by atoms with van der Waals surface area (Å²) in [6.07, 6.45) is 4.00. The third-order valence-electron chi connectivity index (χ3n) is 8.00. The summed E-state index contributed by atoms with van der Waals surface area (Å²) in [7, 11) is 0. The number of Topliss-reactive ketones (excluding diaryl/α,β-unsaturated/α-hetero) is 1. The molecule has 0 bridgehead atoms. The van der Waals surface area contributed by atoms with E-state index in [0.29, 0.717) is 18.8 Å². The van der Waals surface area contributed by atoms with E-state index in [2.05, 4.69) is 6.92 Å². The number of allylic oxidation sites excluding steroid dienone is 1. The van der Waals surface area contributed by atoms with Crippen molar-refractivity contribution in [3.8, 4) is 0 Å². The Kier molecular flexibility index (Phi) is 5.08. The van der Waals surface area contributed by atoms with Crippen LogP contribution in [0.25, 0.3) is 0 Å². The number of aliphatic carboxylic acids is 1. The predicted octanol–water partition coefficient (Wildman–Crippen LogP) is 2.94. The summed E-state index contributed by atoms with van der Waals surface area (Å²) in [5, 5.41) is 29.9. The molecule has 3 N–H and O–H groups in total. The third-order valence-corrected chi connectivity index (χ3v) is 8.00. The van der Waals surface area contributed by atoms with Gasteiger partial charge in [-0.05, 0) is 62.2 Å². The van der Waals surface area contributed by atoms with E-state index in [-0.39, 0.29) is 36.1 Å². The molecule has 0 radical (unpaired) electrons. The number of aliphatic hydroxyl groups is 2. The van der Waals surface area contributed by atoms with Crippen molar-refractivity contribution in [1.29, 1.82) is 0 Å². The second-order valence-corrected chi connectivity index (χ2v) is 9.17. The summed E-state index contributed by atoms with van der Waals surface area (Å²) < 4.78 is 0. The first kappa shape index (κ1) is 19.6. The van der Waals surface area contributed by atoms with Crippen LogP contribution in [0.15, 0.2) is 11.1 Å². The van der Waals surface area contributed by atoms with Gasteiger partial charge in [0.25, 0.3) is 0 Å². The second-order valence-electron chi connectivity index (χ2n) is 9.17. The van der Waals surface area contributed by atoms with Crippen molar-refractivity contribution in [1.82, 2.24) is 0 Å². The van der Waals surface area contributed by atoms with Crippen LogP contribution in [0.3, 0.4) is 0 Å². The van der Waals surface area contributed by atoms with E-state index in [1.54, 1.807) is 6.92 Å². The van der Waals surface area contributed by atoms with Gasteiger partial charge in [0.2, 0.25) is 0 Å². The molecule has 1 fully saturated rings. The predicted molar refractivity (Wildman–Crippen MR) is 97.4 cm³/mol. The summed E-state index contributed by atoms with van der Waals surface area (Å²) in [4.78, 5) is 23.4. The van der Waals surface area contributed by atoms with E-state index in [1.165, 1.54) is 11.1 Å². The molecule has 146 valence electrons. The Morgan fingerprint density at radius 3 is 2.50 bits per heavy atom. The first-order valence-electron chi connectivity index (χ1n) is 9.88. The molecule has 26 heavy (non-hydrogen) atoms. The Hall–Kier alpha value is -1.20. The van der Waals surface area contributed by atoms with Crippen molar-refractivity contribution < 1.29 is 24.9 Å². The largest absolute Gasteiger partial charge is 0.481 e. The number of ketones is 1. The molecule has 0 amide bonds. The summed E-state index contributed by atoms with van der Waals surface area (Å²) >= 11 is 0. The standard InChI is InChI=1S/C21H32O5/c1-12(23)14-4-5-15-13-10-18(24)17(11-22)21(3,9-7-19(25)26)16(13)6-8-20(14,15)2/h14-15,17-18,22,24H,4-11H2,1-3H3,(H,25,26). The van der Waals surface area contributed by atoms with Crippen LogP contribution in [0, 0.1) is 28.6 Å². The molecule has 6 unspecified atom stereocenters. The average molecular weight is 364 g/mol. The van der Waals surface area contributed by atoms with Crippen molar-refractivity contribution in [2.75, 3.05) is 6.61 Å². The minimum absolute atomic E-state index is 0.0362. The van der Waals surface area contributed by atoms with E-state index < -0.39 is 17.5 Å². The molecule has 0 aliphatic heterocycles. The Labute approximate surface area is 155 Å². The van der Waals surface area contributed by atoms with Crippen molar-refractivity contribution in [3.63, 3.8) is 0 Å². The molecule has 0 spiro atoms. The fourth-order valence-corrected chi connectivity index (χ4v) is 6.55. The lowest BCUT2D eigenvalue weighted by molar-refractivity contribution is -0.138. The van der Waals surface area contributed by atoms with Gasteiger partial charge in [0, 0.05) is 24.9 Å². The summed E-state index contributed by atoms with van der Waals surface area (Å²) in [5.41, 5.74) is 1.97. The van der Waals surface area contributed by atoms with Crippen LogP contribution in [0.5, 0.6) is 0 Å². The zero-order valence-corrected chi connectivity index (χ0v) is 16.1. The molecule has 5 heteroatoms. The highest BCUT2D eigenvalue weighted by Crippen LogP contribution is 2.63. The minimum Gasteiger partial charge on any atom is -0.481 e. The molecule has 0 aromatic heterocycles. The molecule has 3 aliphatic carbocycles. The van der Waals surface area contributed by atoms with Gasteiger partial charge in [0.1, 0.15) is 5.78 Å². The maximum absolute atomic E-state index is 12.2. The van der Waals surface area contributed by atoms with E-state index in [1.807, 2.05) is 6.92 Å². The minimum atomic E-state index is -0.844. The number of carbonyl (C=O) groups excluding carboxylic acids is 1. The van der Waals surface area contributed by atoms with Crippen molar-refractivity contribution >= 4 is 11.8 Å². The van der Waals surface area contributed by atoms with Gasteiger partial charge in [-0.1, -0.05) is 25.0 Å². The van der Waals surface area contributed by atoms with E-state index in [4.69, 9.17) is 0 Å². The topological polar surface area (TPSA) is 94.8 Å². The van der Waals surface area contributed by atoms with Crippen molar-refractivity contribution in [2.45, 2.75) is 71.8 Å². The molecule has 6 atom stereocenters. The molecule has 0 saturated heterocycles. The van der Waals surface area contributed by atoms with E-state index >= 15 is 0 Å². The number of fused-ring (bicyclic) bond motifs is 2. The smallest absolute Gasteiger partial charge is 0.303 e. The van der Waals surface area contributed by atoms with Crippen LogP contribution in [0.1, 0.15) is 65.7 Å². The highest BCUT2D eigenvalue weighted by molar-refractivity contribution is 5.79. The molecule has 5 nitrogen and oxygen atoms in total. The summed E-state index contributed by atoms with van der Waals surface area (Å²) in [5.74, 6) is -0.534. The zero-order chi connectivity index (χ0) is 19.3. The van der Waals surface area contributed by atoms with Gasteiger partial charge >= 0.3 is 5.97 Å². The van der Waals surface area contributed by atoms with Crippen LogP contribution < -0.4 is 0 Å². The number of aliphatic hydroxyl groups excluding tert-OH is 2. The van der Waals surface area contributed by atoms with Gasteiger partial charge in [-0.15, -0.1) is 0 Å². The van der Waals surface area contributed by atoms with Gasteiger partial charge in [0.05, 0.1) is 6.10 Å². The maximum atomic E-state index is 12.2. The molecule has 3 rings (SSSR count). The van der Waals surface area contributed by atoms with Crippen molar-refractivity contribution in [3.05, 3.63) is 11.1 Å². The Balaban J connectivity index is 2.03. The molecule has 0 heterocycles. The number of hydrogen-bond acceptors (Lipinski definition) is 4. The summed E-state index contributed by atoms with van der Waals surface area (Å²) in [6, 6.07) is 0. The first-order chi connectivity index (χ1) is 12.1. The van der Waals surface area contributed by atoms with Crippen LogP contribution in [0.4, 0.5) is 0 Å². The van der Waals surface area contributed by atoms with Gasteiger partial charge in [-0.3, -0.25) is 9.59 Å². The highest BCUT2D eigenvalue weighted by Gasteiger charge is 2.56. The van der Waals surface area contributed by atoms with Crippen molar-refractivity contribution in [2.24, 2.45) is 28.6 Å². The molecule has 3 aliphatic rings. The van der Waals surface area contributed by atoms with Gasteiger partial charge < -0.3 is 15.3 Å². The fourth-order valence-electron chi connectivity index (χ4n) is 6.55. The molecule has 0 aromatic carbocycles. The Bertz CT molecular complexity index is 638. The van der Waals surface area contributed by atoms with Crippen LogP contribution in [0.2, 0.25) is 0 Å². The summed E-state index contributed by atoms with van der Waals surface area (Å²) in [6.45, 7) is 5.80. The average Bonchev–Trinajstić information content (AvgIpc) is 2.91. The quantitative estimate of drug-likeness (QED) is 0.652. The van der Waals surface area contributed by atoms with Gasteiger partial charge in [-0.2, -0.15) is 0 Å². The third kappa shape index (κ3) is 2.84. The molecule has 1 saturated carbocycles. The van der Waals surface area contributed by atoms with Crippen LogP contribution in [-0.2, 0) is 9.59 Å². The monoisotopic (exact) mass is 364 g/mol. The van der Waals surface area contributed by atoms with E-state index in [0.717, 1.165) is 25.7 Å². The molecule has 0 aromatic rings. The molecular weight excluding hydrogens is 332 g/mol. The van der Waals surface area contributed by atoms with Crippen LogP contribution >= 0.6 is 0 Å². The number of carbonyl (C=O) groups is 2. The normalized spacial score (nSPS) is 42.3. The Morgan fingerprint density at radius 1 is 1.23 bits per heavy atom. The lowest BCUT2D eigenvalue weighted by Crippen LogP contribution is -2.49. The number of carboxylic acid groups (broad SMARTS) is 1. The number of hydrogen-bond donors (Lipinski definition) is 3.